The van der Waals surface area contributed by atoms with Gasteiger partial charge in [-0.25, -0.2) is 9.69 Å². The van der Waals surface area contributed by atoms with Crippen molar-refractivity contribution in [2.45, 2.75) is 6.92 Å². The van der Waals surface area contributed by atoms with Gasteiger partial charge in [-0.3, -0.25) is 19.3 Å². The molecule has 1 aliphatic rings. The van der Waals surface area contributed by atoms with Gasteiger partial charge >= 0.3 is 6.03 Å². The van der Waals surface area contributed by atoms with E-state index in [0.29, 0.717) is 22.5 Å². The first-order valence-electron chi connectivity index (χ1n) is 8.29. The van der Waals surface area contributed by atoms with Gasteiger partial charge < -0.3 is 11.1 Å². The van der Waals surface area contributed by atoms with Crippen molar-refractivity contribution in [3.05, 3.63) is 59.7 Å². The predicted molar refractivity (Wildman–Crippen MR) is 99.2 cm³/mol. The standard InChI is InChI=1S/C19H18N4O4/c1-12(24)23(14-6-4-5-13(20)11-14)19(27)21-9-10-22-17(25)15-7-2-3-8-16(15)18(22)26/h2-8,11H,9-10,20H2,1H3,(H,21,27). The Morgan fingerprint density at radius 3 is 2.22 bits per heavy atom. The van der Waals surface area contributed by atoms with E-state index in [0.717, 1.165) is 9.80 Å². The smallest absolute Gasteiger partial charge is 0.328 e. The molecule has 3 N–H and O–H groups in total. The normalized spacial score (nSPS) is 12.7. The van der Waals surface area contributed by atoms with Crippen molar-refractivity contribution in [2.75, 3.05) is 23.7 Å². The van der Waals surface area contributed by atoms with Gasteiger partial charge in [-0.05, 0) is 30.3 Å². The summed E-state index contributed by atoms with van der Waals surface area (Å²) in [7, 11) is 0. The number of imide groups is 2. The fourth-order valence-electron chi connectivity index (χ4n) is 2.90. The van der Waals surface area contributed by atoms with Crippen molar-refractivity contribution >= 4 is 35.1 Å². The molecule has 8 heteroatoms. The number of hydrogen-bond acceptors (Lipinski definition) is 5. The molecule has 5 amide bonds. The third-order valence-electron chi connectivity index (χ3n) is 4.14. The van der Waals surface area contributed by atoms with Gasteiger partial charge in [0.2, 0.25) is 5.91 Å². The van der Waals surface area contributed by atoms with Crippen molar-refractivity contribution in [3.63, 3.8) is 0 Å². The summed E-state index contributed by atoms with van der Waals surface area (Å²) in [5.41, 5.74) is 7.14. The lowest BCUT2D eigenvalue weighted by molar-refractivity contribution is -0.115. The summed E-state index contributed by atoms with van der Waals surface area (Å²) in [4.78, 5) is 50.9. The van der Waals surface area contributed by atoms with Gasteiger partial charge in [0.1, 0.15) is 0 Å². The van der Waals surface area contributed by atoms with Crippen LogP contribution in [0.2, 0.25) is 0 Å². The first-order valence-corrected chi connectivity index (χ1v) is 8.29. The van der Waals surface area contributed by atoms with E-state index in [-0.39, 0.29) is 13.1 Å². The Kier molecular flexibility index (Phi) is 4.89. The minimum atomic E-state index is -0.662. The summed E-state index contributed by atoms with van der Waals surface area (Å²) in [6, 6.07) is 12.2. The molecule has 0 bridgehead atoms. The third kappa shape index (κ3) is 3.50. The van der Waals surface area contributed by atoms with Gasteiger partial charge in [0, 0.05) is 25.7 Å². The molecule has 0 saturated heterocycles. The second kappa shape index (κ2) is 7.28. The molecule has 0 spiro atoms. The highest BCUT2D eigenvalue weighted by Crippen LogP contribution is 2.22. The minimum Gasteiger partial charge on any atom is -0.399 e. The Hall–Kier alpha value is -3.68. The topological polar surface area (TPSA) is 113 Å². The fraction of sp³-hybridized carbons (Fsp3) is 0.158. The monoisotopic (exact) mass is 366 g/mol. The summed E-state index contributed by atoms with van der Waals surface area (Å²) >= 11 is 0. The molecule has 27 heavy (non-hydrogen) atoms. The number of carbonyl (C=O) groups excluding carboxylic acids is 4. The quantitative estimate of drug-likeness (QED) is 0.631. The highest BCUT2D eigenvalue weighted by Gasteiger charge is 2.34. The molecule has 2 aromatic rings. The second-order valence-corrected chi connectivity index (χ2v) is 5.99. The molecule has 1 heterocycles. The number of carbonyl (C=O) groups is 4. The number of nitrogens with two attached hydrogens (primary N) is 1. The molecule has 3 rings (SSSR count). The number of hydrogen-bond donors (Lipinski definition) is 2. The first-order chi connectivity index (χ1) is 12.9. The number of benzene rings is 2. The molecular weight excluding hydrogens is 348 g/mol. The third-order valence-corrected chi connectivity index (χ3v) is 4.14. The highest BCUT2D eigenvalue weighted by molar-refractivity contribution is 6.21. The van der Waals surface area contributed by atoms with E-state index in [4.69, 9.17) is 5.73 Å². The number of urea groups is 1. The van der Waals surface area contributed by atoms with Crippen LogP contribution < -0.4 is 16.0 Å². The van der Waals surface area contributed by atoms with Gasteiger partial charge in [0.15, 0.2) is 0 Å². The van der Waals surface area contributed by atoms with E-state index in [1.165, 1.54) is 13.0 Å². The number of nitrogens with zero attached hydrogens (tertiary/aromatic N) is 2. The first kappa shape index (κ1) is 18.1. The van der Waals surface area contributed by atoms with Crippen LogP contribution in [0.15, 0.2) is 48.5 Å². The van der Waals surface area contributed by atoms with E-state index >= 15 is 0 Å². The van der Waals surface area contributed by atoms with Gasteiger partial charge in [-0.2, -0.15) is 0 Å². The second-order valence-electron chi connectivity index (χ2n) is 5.99. The van der Waals surface area contributed by atoms with Crippen LogP contribution in [0.4, 0.5) is 16.2 Å². The van der Waals surface area contributed by atoms with E-state index in [2.05, 4.69) is 5.32 Å². The number of rotatable bonds is 4. The summed E-state index contributed by atoms with van der Waals surface area (Å²) in [5, 5.41) is 2.56. The van der Waals surface area contributed by atoms with Crippen LogP contribution in [0, 0.1) is 0 Å². The Balaban J connectivity index is 1.65. The van der Waals surface area contributed by atoms with Crippen LogP contribution in [0.25, 0.3) is 0 Å². The van der Waals surface area contributed by atoms with Crippen molar-refractivity contribution in [1.29, 1.82) is 0 Å². The molecule has 0 radical (unpaired) electrons. The lowest BCUT2D eigenvalue weighted by Gasteiger charge is -2.21. The Morgan fingerprint density at radius 1 is 1.04 bits per heavy atom. The predicted octanol–water partition coefficient (Wildman–Crippen LogP) is 1.63. The Bertz CT molecular complexity index is 906. The highest BCUT2D eigenvalue weighted by atomic mass is 16.2. The van der Waals surface area contributed by atoms with E-state index in [1.54, 1.807) is 42.5 Å². The van der Waals surface area contributed by atoms with E-state index < -0.39 is 23.8 Å². The molecule has 138 valence electrons. The van der Waals surface area contributed by atoms with Gasteiger partial charge in [-0.1, -0.05) is 18.2 Å². The summed E-state index contributed by atoms with van der Waals surface area (Å²) in [6.07, 6.45) is 0. The molecule has 0 aliphatic carbocycles. The average Bonchev–Trinajstić information content (AvgIpc) is 2.87. The fourth-order valence-corrected chi connectivity index (χ4v) is 2.90. The zero-order valence-electron chi connectivity index (χ0n) is 14.6. The molecule has 0 atom stereocenters. The van der Waals surface area contributed by atoms with Gasteiger partial charge in [0.25, 0.3) is 11.8 Å². The average molecular weight is 366 g/mol. The summed E-state index contributed by atoms with van der Waals surface area (Å²) in [5.74, 6) is -1.29. The van der Waals surface area contributed by atoms with Crippen LogP contribution in [0.5, 0.6) is 0 Å². The lowest BCUT2D eigenvalue weighted by atomic mass is 10.1. The zero-order valence-corrected chi connectivity index (χ0v) is 14.6. The van der Waals surface area contributed by atoms with Crippen LogP contribution >= 0.6 is 0 Å². The maximum Gasteiger partial charge on any atom is 0.328 e. The molecule has 0 aromatic heterocycles. The van der Waals surface area contributed by atoms with Crippen LogP contribution in [0.1, 0.15) is 27.6 Å². The van der Waals surface area contributed by atoms with Crippen LogP contribution in [0.3, 0.4) is 0 Å². The van der Waals surface area contributed by atoms with Crippen molar-refractivity contribution < 1.29 is 19.2 Å². The van der Waals surface area contributed by atoms with Crippen molar-refractivity contribution in [1.82, 2.24) is 10.2 Å². The van der Waals surface area contributed by atoms with Gasteiger partial charge in [0.05, 0.1) is 16.8 Å². The Morgan fingerprint density at radius 2 is 1.67 bits per heavy atom. The number of nitrogen functional groups attached to an aromatic ring is 1. The van der Waals surface area contributed by atoms with Gasteiger partial charge in [-0.15, -0.1) is 0 Å². The number of amides is 5. The molecular formula is C19H18N4O4. The summed E-state index contributed by atoms with van der Waals surface area (Å²) in [6.45, 7) is 1.27. The summed E-state index contributed by atoms with van der Waals surface area (Å²) < 4.78 is 0. The number of nitrogens with one attached hydrogen (secondary N) is 1. The van der Waals surface area contributed by atoms with Crippen molar-refractivity contribution in [3.8, 4) is 0 Å². The molecule has 0 fully saturated rings. The maximum absolute atomic E-state index is 12.4. The largest absolute Gasteiger partial charge is 0.399 e. The van der Waals surface area contributed by atoms with Crippen LogP contribution in [-0.4, -0.2) is 41.7 Å². The van der Waals surface area contributed by atoms with Crippen LogP contribution in [-0.2, 0) is 4.79 Å². The number of anilines is 2. The lowest BCUT2D eigenvalue weighted by Crippen LogP contribution is -2.46. The molecule has 0 saturated carbocycles. The number of fused-ring (bicyclic) bond motifs is 1. The minimum absolute atomic E-state index is 0.000754. The SMILES string of the molecule is CC(=O)N(C(=O)NCCN1C(=O)c2ccccc2C1=O)c1cccc(N)c1. The maximum atomic E-state index is 12.4. The molecule has 0 unspecified atom stereocenters. The zero-order chi connectivity index (χ0) is 19.6. The van der Waals surface area contributed by atoms with E-state index in [9.17, 15) is 19.2 Å². The molecule has 2 aromatic carbocycles. The van der Waals surface area contributed by atoms with Crippen molar-refractivity contribution in [2.24, 2.45) is 0 Å². The van der Waals surface area contributed by atoms with E-state index in [1.807, 2.05) is 0 Å². The molecule has 8 nitrogen and oxygen atoms in total. The molecule has 1 aliphatic heterocycles. The Labute approximate surface area is 155 Å².